The maximum Gasteiger partial charge on any atom is 0.490 e. The number of imidazole rings is 1. The molecule has 0 amide bonds. The molecule has 7 N–H and O–H groups in total. The summed E-state index contributed by atoms with van der Waals surface area (Å²) < 4.78 is 52.7. The molecule has 31 heavy (non-hydrogen) atoms. The first kappa shape index (κ1) is 24.0. The van der Waals surface area contributed by atoms with Crippen molar-refractivity contribution < 1.29 is 51.2 Å². The van der Waals surface area contributed by atoms with Gasteiger partial charge in [-0.3, -0.25) is 9.09 Å². The van der Waals surface area contributed by atoms with E-state index in [1.165, 1.54) is 17.2 Å². The molecule has 3 rings (SSSR count). The van der Waals surface area contributed by atoms with E-state index in [0.29, 0.717) is 5.65 Å². The fourth-order valence-electron chi connectivity index (χ4n) is 2.74. The number of anilines is 1. The second-order valence-electron chi connectivity index (χ2n) is 6.05. The highest BCUT2D eigenvalue weighted by molar-refractivity contribution is 7.66. The summed E-state index contributed by atoms with van der Waals surface area (Å²) in [6, 6.07) is -0.775. The summed E-state index contributed by atoms with van der Waals surface area (Å²) in [6.07, 6.45) is 0.717. The minimum atomic E-state index is -5.63. The van der Waals surface area contributed by atoms with Crippen LogP contribution in [0.4, 0.5) is 5.82 Å². The third kappa shape index (κ3) is 5.97. The average molecular weight is 503 g/mol. The third-order valence-corrected chi connectivity index (χ3v) is 7.63. The van der Waals surface area contributed by atoms with Gasteiger partial charge in [-0.25, -0.2) is 34.2 Å². The summed E-state index contributed by atoms with van der Waals surface area (Å²) in [5.74, 6) is 0.116. The molecule has 5 atom stereocenters. The predicted octanol–water partition coefficient (Wildman–Crippen LogP) is 0.439. The zero-order valence-electron chi connectivity index (χ0n) is 15.1. The fraction of sp³-hybridized carbons (Fsp3) is 0.500. The van der Waals surface area contributed by atoms with Crippen molar-refractivity contribution in [2.75, 3.05) is 12.3 Å². The molecule has 1 fully saturated rings. The molecule has 0 aliphatic carbocycles. The van der Waals surface area contributed by atoms with Crippen LogP contribution in [0.5, 0.6) is 0 Å². The quantitative estimate of drug-likeness (QED) is 0.200. The van der Waals surface area contributed by atoms with Crippen LogP contribution in [0.2, 0.25) is 0 Å². The molecule has 0 bridgehead atoms. The topological polar surface area (TPSA) is 275 Å². The SMILES string of the molecule is N=NC1CC(COP(=O)(O)OP(=O)(O)OP(=O)(O)O)OC1n1cnc2c(N)ncnc21. The van der Waals surface area contributed by atoms with Gasteiger partial charge in [-0.1, -0.05) is 0 Å². The van der Waals surface area contributed by atoms with Gasteiger partial charge in [0.2, 0.25) is 0 Å². The molecular weight excluding hydrogens is 487 g/mol. The molecule has 1 aliphatic rings. The van der Waals surface area contributed by atoms with E-state index in [4.69, 9.17) is 30.7 Å². The van der Waals surface area contributed by atoms with E-state index in [2.05, 4.69) is 33.2 Å². The maximum absolute atomic E-state index is 11.8. The van der Waals surface area contributed by atoms with Gasteiger partial charge in [-0.2, -0.15) is 13.7 Å². The number of nitrogens with two attached hydrogens (primary N) is 1. The summed E-state index contributed by atoms with van der Waals surface area (Å²) >= 11 is 0. The second kappa shape index (κ2) is 8.69. The van der Waals surface area contributed by atoms with Gasteiger partial charge in [0.1, 0.15) is 17.9 Å². The molecule has 3 heterocycles. The number of phosphoric ester groups is 1. The van der Waals surface area contributed by atoms with Crippen LogP contribution >= 0.6 is 23.5 Å². The van der Waals surface area contributed by atoms with Gasteiger partial charge in [0.05, 0.1) is 19.0 Å². The lowest BCUT2D eigenvalue weighted by molar-refractivity contribution is -0.0240. The van der Waals surface area contributed by atoms with Gasteiger partial charge in [-0.15, -0.1) is 0 Å². The van der Waals surface area contributed by atoms with Crippen molar-refractivity contribution >= 4 is 40.4 Å². The highest BCUT2D eigenvalue weighted by Crippen LogP contribution is 2.66. The Balaban J connectivity index is 1.68. The Kier molecular flexibility index (Phi) is 6.72. The normalized spacial score (nSPS) is 25.9. The summed E-state index contributed by atoms with van der Waals surface area (Å²) in [6.45, 7) is -0.671. The maximum atomic E-state index is 11.8. The summed E-state index contributed by atoms with van der Waals surface area (Å²) in [7, 11) is -16.4. The third-order valence-electron chi connectivity index (χ3n) is 3.83. The molecule has 21 heteroatoms. The first-order valence-corrected chi connectivity index (χ1v) is 12.6. The van der Waals surface area contributed by atoms with Crippen molar-refractivity contribution in [3.63, 3.8) is 0 Å². The van der Waals surface area contributed by atoms with Crippen LogP contribution < -0.4 is 5.73 Å². The Hall–Kier alpha value is -1.68. The number of hydrogen-bond donors (Lipinski definition) is 6. The van der Waals surface area contributed by atoms with Gasteiger partial charge in [0.15, 0.2) is 17.7 Å². The lowest BCUT2D eigenvalue weighted by atomic mass is 10.2. The minimum Gasteiger partial charge on any atom is -0.382 e. The fourth-order valence-corrected chi connectivity index (χ4v) is 5.79. The number of nitrogens with zero attached hydrogens (tertiary/aromatic N) is 5. The number of hydrogen-bond acceptors (Lipinski definition) is 13. The van der Waals surface area contributed by atoms with Gasteiger partial charge in [0.25, 0.3) is 0 Å². The predicted molar refractivity (Wildman–Crippen MR) is 97.0 cm³/mol. The van der Waals surface area contributed by atoms with Crippen molar-refractivity contribution in [3.05, 3.63) is 12.7 Å². The first-order valence-electron chi connectivity index (χ1n) is 8.03. The van der Waals surface area contributed by atoms with E-state index in [0.717, 1.165) is 0 Å². The lowest BCUT2D eigenvalue weighted by Gasteiger charge is -2.18. The Bertz CT molecular complexity index is 1120. The molecule has 172 valence electrons. The Morgan fingerprint density at radius 2 is 1.90 bits per heavy atom. The number of rotatable bonds is 9. The molecule has 0 saturated carbocycles. The van der Waals surface area contributed by atoms with Crippen molar-refractivity contribution in [3.8, 4) is 0 Å². The van der Waals surface area contributed by atoms with Gasteiger partial charge < -0.3 is 30.0 Å². The molecule has 18 nitrogen and oxygen atoms in total. The number of nitrogen functional groups attached to an aromatic ring is 1. The zero-order valence-corrected chi connectivity index (χ0v) is 17.8. The Morgan fingerprint density at radius 3 is 2.55 bits per heavy atom. The second-order valence-corrected chi connectivity index (χ2v) is 10.5. The van der Waals surface area contributed by atoms with Crippen molar-refractivity contribution in [1.82, 2.24) is 19.5 Å². The van der Waals surface area contributed by atoms with E-state index in [1.807, 2.05) is 0 Å². The number of ether oxygens (including phenoxy) is 1. The molecule has 0 spiro atoms. The molecule has 2 aromatic heterocycles. The van der Waals surface area contributed by atoms with Gasteiger partial charge in [-0.05, 0) is 0 Å². The van der Waals surface area contributed by atoms with Gasteiger partial charge in [0, 0.05) is 6.42 Å². The number of aromatic nitrogens is 4. The van der Waals surface area contributed by atoms with Crippen LogP contribution in [0, 0.1) is 5.53 Å². The van der Waals surface area contributed by atoms with Crippen LogP contribution in [0.25, 0.3) is 11.2 Å². The minimum absolute atomic E-state index is 0.0319. The number of nitrogens with one attached hydrogen (secondary N) is 1. The molecule has 5 unspecified atom stereocenters. The highest BCUT2D eigenvalue weighted by Gasteiger charge is 2.43. The molecule has 1 aliphatic heterocycles. The van der Waals surface area contributed by atoms with E-state index in [-0.39, 0.29) is 17.8 Å². The molecule has 1 saturated heterocycles. The number of fused-ring (bicyclic) bond motifs is 1. The Labute approximate surface area is 172 Å². The van der Waals surface area contributed by atoms with Crippen molar-refractivity contribution in [1.29, 1.82) is 5.53 Å². The van der Waals surface area contributed by atoms with Crippen LogP contribution in [-0.2, 0) is 31.6 Å². The van der Waals surface area contributed by atoms with Crippen LogP contribution in [0.15, 0.2) is 17.8 Å². The largest absolute Gasteiger partial charge is 0.490 e. The molecular formula is C10H16N7O11P3. The van der Waals surface area contributed by atoms with E-state index in [9.17, 15) is 18.6 Å². The first-order chi connectivity index (χ1) is 14.3. The van der Waals surface area contributed by atoms with E-state index < -0.39 is 48.4 Å². The zero-order chi connectivity index (χ0) is 23.0. The highest BCUT2D eigenvalue weighted by atomic mass is 31.3. The van der Waals surface area contributed by atoms with Crippen LogP contribution in [0.3, 0.4) is 0 Å². The molecule has 0 aromatic carbocycles. The summed E-state index contributed by atoms with van der Waals surface area (Å²) in [4.78, 5) is 47.6. The van der Waals surface area contributed by atoms with E-state index >= 15 is 0 Å². The van der Waals surface area contributed by atoms with Gasteiger partial charge >= 0.3 is 23.5 Å². The summed E-state index contributed by atoms with van der Waals surface area (Å²) in [5, 5.41) is 3.44. The average Bonchev–Trinajstić information content (AvgIpc) is 3.21. The lowest BCUT2D eigenvalue weighted by Crippen LogP contribution is -2.18. The van der Waals surface area contributed by atoms with Crippen molar-refractivity contribution in [2.24, 2.45) is 5.11 Å². The molecule has 2 aromatic rings. The standard InChI is InChI=1S/C10H16N7O11P3/c11-8-7-9(14-3-13-8)17(4-15-7)10-6(16-12)1-5(26-10)2-25-30(21,22)28-31(23,24)27-29(18,19)20/h3-6,10,12H,1-2H2,(H,21,22)(H,23,24)(H2,11,13,14)(H2,18,19,20). The smallest absolute Gasteiger partial charge is 0.382 e. The monoisotopic (exact) mass is 503 g/mol. The molecule has 0 radical (unpaired) electrons. The van der Waals surface area contributed by atoms with Crippen molar-refractivity contribution in [2.45, 2.75) is 24.8 Å². The van der Waals surface area contributed by atoms with Crippen LogP contribution in [-0.4, -0.2) is 57.8 Å². The summed E-state index contributed by atoms with van der Waals surface area (Å²) in [5.41, 5.74) is 13.7. The van der Waals surface area contributed by atoms with E-state index in [1.54, 1.807) is 0 Å². The van der Waals surface area contributed by atoms with Crippen LogP contribution in [0.1, 0.15) is 12.6 Å². The number of phosphoric acid groups is 3. The Morgan fingerprint density at radius 1 is 1.19 bits per heavy atom.